The average molecular weight is 398 g/mol. The first-order valence-electron chi connectivity index (χ1n) is 9.07. The fourth-order valence-electron chi connectivity index (χ4n) is 3.17. The predicted molar refractivity (Wildman–Crippen MR) is 110 cm³/mol. The lowest BCUT2D eigenvalue weighted by Gasteiger charge is -2.25. The van der Waals surface area contributed by atoms with Crippen LogP contribution >= 0.6 is 11.8 Å². The Labute approximate surface area is 168 Å². The highest BCUT2D eigenvalue weighted by atomic mass is 32.2. The van der Waals surface area contributed by atoms with Crippen LogP contribution in [0.2, 0.25) is 0 Å². The molecule has 0 bridgehead atoms. The van der Waals surface area contributed by atoms with Crippen LogP contribution in [0.3, 0.4) is 0 Å². The van der Waals surface area contributed by atoms with E-state index in [-0.39, 0.29) is 0 Å². The molecule has 6 nitrogen and oxygen atoms in total. The number of amides is 3. The molecule has 0 saturated heterocycles. The van der Waals surface area contributed by atoms with Gasteiger partial charge >= 0.3 is 0 Å². The topological polar surface area (TPSA) is 75.7 Å². The van der Waals surface area contributed by atoms with Gasteiger partial charge in [0.1, 0.15) is 11.8 Å². The molecule has 0 saturated carbocycles. The van der Waals surface area contributed by atoms with E-state index in [0.29, 0.717) is 41.3 Å². The van der Waals surface area contributed by atoms with Crippen molar-refractivity contribution in [3.63, 3.8) is 0 Å². The fraction of sp³-hybridized carbons (Fsp3) is 0.286. The van der Waals surface area contributed by atoms with Gasteiger partial charge in [-0.2, -0.15) is 11.8 Å². The van der Waals surface area contributed by atoms with Crippen molar-refractivity contribution in [1.29, 1.82) is 0 Å². The van der Waals surface area contributed by atoms with Crippen molar-refractivity contribution in [3.05, 3.63) is 59.7 Å². The number of hydrogen-bond donors (Lipinski definition) is 1. The molecular formula is C21H22N2O4S. The average Bonchev–Trinajstić information content (AvgIpc) is 2.95. The van der Waals surface area contributed by atoms with Crippen LogP contribution in [0.15, 0.2) is 48.5 Å². The molecule has 1 aliphatic heterocycles. The molecule has 146 valence electrons. The maximum atomic E-state index is 13.1. The second kappa shape index (κ2) is 8.93. The summed E-state index contributed by atoms with van der Waals surface area (Å²) in [6.07, 6.45) is 2.29. The molecular weight excluding hydrogens is 376 g/mol. The number of hydrogen-bond acceptors (Lipinski definition) is 5. The summed E-state index contributed by atoms with van der Waals surface area (Å²) in [5, 5.41) is 2.83. The first-order valence-corrected chi connectivity index (χ1v) is 10.5. The van der Waals surface area contributed by atoms with E-state index >= 15 is 0 Å². The number of anilines is 1. The minimum absolute atomic E-state index is 0.337. The zero-order chi connectivity index (χ0) is 20.1. The van der Waals surface area contributed by atoms with Gasteiger partial charge in [0.2, 0.25) is 5.91 Å². The molecule has 28 heavy (non-hydrogen) atoms. The molecule has 0 radical (unpaired) electrons. The maximum Gasteiger partial charge on any atom is 0.262 e. The van der Waals surface area contributed by atoms with E-state index in [1.165, 1.54) is 0 Å². The number of imide groups is 1. The summed E-state index contributed by atoms with van der Waals surface area (Å²) >= 11 is 1.56. The van der Waals surface area contributed by atoms with E-state index < -0.39 is 23.8 Å². The molecule has 1 heterocycles. The van der Waals surface area contributed by atoms with Crippen LogP contribution in [0, 0.1) is 0 Å². The van der Waals surface area contributed by atoms with Gasteiger partial charge in [-0.1, -0.05) is 24.3 Å². The smallest absolute Gasteiger partial charge is 0.262 e. The molecule has 0 spiro atoms. The summed E-state index contributed by atoms with van der Waals surface area (Å²) < 4.78 is 5.55. The van der Waals surface area contributed by atoms with Crippen molar-refractivity contribution >= 4 is 35.2 Å². The first kappa shape index (κ1) is 19.9. The fourth-order valence-corrected chi connectivity index (χ4v) is 3.62. The summed E-state index contributed by atoms with van der Waals surface area (Å²) in [4.78, 5) is 39.8. The van der Waals surface area contributed by atoms with Gasteiger partial charge in [0, 0.05) is 0 Å². The monoisotopic (exact) mass is 398 g/mol. The van der Waals surface area contributed by atoms with Crippen LogP contribution in [0.5, 0.6) is 5.75 Å². The second-order valence-corrected chi connectivity index (χ2v) is 7.23. The molecule has 1 N–H and O–H groups in total. The summed E-state index contributed by atoms with van der Waals surface area (Å²) in [5.41, 5.74) is 1.19. The third-order valence-electron chi connectivity index (χ3n) is 4.48. The summed E-state index contributed by atoms with van der Waals surface area (Å²) in [7, 11) is 0. The highest BCUT2D eigenvalue weighted by molar-refractivity contribution is 7.98. The Kier molecular flexibility index (Phi) is 6.36. The molecule has 3 rings (SSSR count). The number of ether oxygens (including phenoxy) is 1. The lowest BCUT2D eigenvalue weighted by Crippen LogP contribution is -2.47. The van der Waals surface area contributed by atoms with Crippen LogP contribution in [0.1, 0.15) is 34.1 Å². The largest absolute Gasteiger partial charge is 0.492 e. The lowest BCUT2D eigenvalue weighted by molar-refractivity contribution is -0.120. The summed E-state index contributed by atoms with van der Waals surface area (Å²) in [6, 6.07) is 12.9. The van der Waals surface area contributed by atoms with Gasteiger partial charge in [0.25, 0.3) is 11.8 Å². The van der Waals surface area contributed by atoms with Gasteiger partial charge < -0.3 is 10.1 Å². The normalized spacial score (nSPS) is 14.0. The van der Waals surface area contributed by atoms with Gasteiger partial charge in [-0.3, -0.25) is 19.3 Å². The van der Waals surface area contributed by atoms with Crippen LogP contribution < -0.4 is 10.1 Å². The van der Waals surface area contributed by atoms with E-state index in [2.05, 4.69) is 5.32 Å². The van der Waals surface area contributed by atoms with E-state index in [0.717, 1.165) is 4.90 Å². The van der Waals surface area contributed by atoms with Crippen molar-refractivity contribution in [1.82, 2.24) is 4.90 Å². The Balaban J connectivity index is 1.88. The minimum atomic E-state index is -0.894. The number of carbonyl (C=O) groups is 3. The van der Waals surface area contributed by atoms with Crippen molar-refractivity contribution < 1.29 is 19.1 Å². The van der Waals surface area contributed by atoms with Gasteiger partial charge in [0.05, 0.1) is 23.4 Å². The molecule has 3 amide bonds. The van der Waals surface area contributed by atoms with Gasteiger partial charge in [-0.15, -0.1) is 0 Å². The first-order chi connectivity index (χ1) is 13.6. The Hall–Kier alpha value is -2.80. The number of thioether (sulfide) groups is 1. The van der Waals surface area contributed by atoms with E-state index in [4.69, 9.17) is 4.74 Å². The lowest BCUT2D eigenvalue weighted by atomic mass is 10.1. The van der Waals surface area contributed by atoms with Gasteiger partial charge in [0.15, 0.2) is 0 Å². The van der Waals surface area contributed by atoms with E-state index in [1.54, 1.807) is 54.2 Å². The summed E-state index contributed by atoms with van der Waals surface area (Å²) in [6.45, 7) is 2.32. The molecule has 7 heteroatoms. The zero-order valence-electron chi connectivity index (χ0n) is 15.8. The van der Waals surface area contributed by atoms with Crippen LogP contribution in [0.25, 0.3) is 0 Å². The molecule has 1 aliphatic rings. The van der Waals surface area contributed by atoms with Crippen molar-refractivity contribution in [3.8, 4) is 5.75 Å². The molecule has 0 unspecified atom stereocenters. The molecule has 0 fully saturated rings. The molecule has 2 aromatic rings. The van der Waals surface area contributed by atoms with Gasteiger partial charge in [-0.05, 0) is 49.6 Å². The highest BCUT2D eigenvalue weighted by Gasteiger charge is 2.42. The molecule has 0 aliphatic carbocycles. The van der Waals surface area contributed by atoms with Crippen LogP contribution in [0.4, 0.5) is 5.69 Å². The number of benzene rings is 2. The predicted octanol–water partition coefficient (Wildman–Crippen LogP) is 3.44. The Morgan fingerprint density at radius 3 is 2.29 bits per heavy atom. The Morgan fingerprint density at radius 1 is 1.07 bits per heavy atom. The highest BCUT2D eigenvalue weighted by Crippen LogP contribution is 2.28. The third-order valence-corrected chi connectivity index (χ3v) is 5.12. The molecule has 2 aromatic carbocycles. The van der Waals surface area contributed by atoms with Gasteiger partial charge in [-0.25, -0.2) is 0 Å². The van der Waals surface area contributed by atoms with Crippen molar-refractivity contribution in [2.75, 3.05) is 23.9 Å². The quantitative estimate of drug-likeness (QED) is 0.690. The maximum absolute atomic E-state index is 13.1. The zero-order valence-corrected chi connectivity index (χ0v) is 16.6. The Bertz CT molecular complexity index is 864. The van der Waals surface area contributed by atoms with Crippen molar-refractivity contribution in [2.24, 2.45) is 0 Å². The van der Waals surface area contributed by atoms with E-state index in [9.17, 15) is 14.4 Å². The van der Waals surface area contributed by atoms with E-state index in [1.807, 2.05) is 19.2 Å². The standard InChI is InChI=1S/C21H22N2O4S/c1-3-27-18-11-7-6-10-16(18)22-19(24)17(12-13-28-2)23-20(25)14-8-4-5-9-15(14)21(23)26/h4-11,17H,3,12-13H2,1-2H3,(H,22,24)/t17-/m1/s1. The third kappa shape index (κ3) is 3.89. The number of rotatable bonds is 8. The number of nitrogens with zero attached hydrogens (tertiary/aromatic N) is 1. The SMILES string of the molecule is CCOc1ccccc1NC(=O)[C@@H](CCSC)N1C(=O)c2ccccc2C1=O. The number of para-hydroxylation sites is 2. The van der Waals surface area contributed by atoms with Crippen LogP contribution in [-0.2, 0) is 4.79 Å². The molecule has 0 aromatic heterocycles. The minimum Gasteiger partial charge on any atom is -0.492 e. The number of fused-ring (bicyclic) bond motifs is 1. The summed E-state index contributed by atoms with van der Waals surface area (Å²) in [5.74, 6) is -0.0848. The Morgan fingerprint density at radius 2 is 1.68 bits per heavy atom. The molecule has 1 atom stereocenters. The number of carbonyl (C=O) groups excluding carboxylic acids is 3. The van der Waals surface area contributed by atoms with Crippen LogP contribution in [-0.4, -0.2) is 47.3 Å². The second-order valence-electron chi connectivity index (χ2n) is 6.24. The van der Waals surface area contributed by atoms with Crippen molar-refractivity contribution in [2.45, 2.75) is 19.4 Å². The number of nitrogens with one attached hydrogen (secondary N) is 1.